The van der Waals surface area contributed by atoms with Gasteiger partial charge in [0.05, 0.1) is 11.6 Å². The van der Waals surface area contributed by atoms with Gasteiger partial charge >= 0.3 is 6.18 Å². The molecule has 0 saturated heterocycles. The van der Waals surface area contributed by atoms with E-state index in [4.69, 9.17) is 17.3 Å². The van der Waals surface area contributed by atoms with Crippen molar-refractivity contribution in [3.05, 3.63) is 16.4 Å². The van der Waals surface area contributed by atoms with Crippen LogP contribution in [0.5, 0.6) is 0 Å². The highest BCUT2D eigenvalue weighted by Gasteiger charge is 2.42. The number of aromatic nitrogens is 2. The molecule has 0 radical (unpaired) electrons. The summed E-state index contributed by atoms with van der Waals surface area (Å²) in [6.07, 6.45) is -4.40. The van der Waals surface area contributed by atoms with Gasteiger partial charge < -0.3 is 5.73 Å². The van der Waals surface area contributed by atoms with Crippen LogP contribution in [0.25, 0.3) is 0 Å². The van der Waals surface area contributed by atoms with Crippen LogP contribution in [0.4, 0.5) is 13.2 Å². The number of aryl methyl sites for hydroxylation is 2. The Labute approximate surface area is 90.0 Å². The SMILES string of the molecule is Cc1nn(C)c(Cl)c1C(CN)C(F)(F)F. The minimum atomic E-state index is -4.40. The minimum Gasteiger partial charge on any atom is -0.330 e. The van der Waals surface area contributed by atoms with E-state index < -0.39 is 18.6 Å². The number of hydrogen-bond donors (Lipinski definition) is 1. The van der Waals surface area contributed by atoms with Crippen molar-refractivity contribution in [3.8, 4) is 0 Å². The van der Waals surface area contributed by atoms with E-state index >= 15 is 0 Å². The second kappa shape index (κ2) is 4.02. The monoisotopic (exact) mass is 241 g/mol. The van der Waals surface area contributed by atoms with Crippen LogP contribution in [-0.4, -0.2) is 22.5 Å². The number of nitrogens with two attached hydrogens (primary N) is 1. The molecule has 1 heterocycles. The molecule has 7 heteroatoms. The third kappa shape index (κ3) is 2.26. The van der Waals surface area contributed by atoms with E-state index in [1.165, 1.54) is 18.7 Å². The van der Waals surface area contributed by atoms with Crippen LogP contribution in [0.1, 0.15) is 17.2 Å². The van der Waals surface area contributed by atoms with Crippen LogP contribution in [-0.2, 0) is 7.05 Å². The Bertz CT molecular complexity index is 359. The van der Waals surface area contributed by atoms with E-state index in [1.807, 2.05) is 0 Å². The van der Waals surface area contributed by atoms with Crippen molar-refractivity contribution >= 4 is 11.6 Å². The smallest absolute Gasteiger partial charge is 0.330 e. The standard InChI is InChI=1S/C8H11ClF3N3/c1-4-6(7(9)15(2)14-4)5(3-13)8(10,11)12/h5H,3,13H2,1-2H3. The third-order valence-corrected chi connectivity index (χ3v) is 2.62. The van der Waals surface area contributed by atoms with E-state index in [2.05, 4.69) is 5.10 Å². The molecule has 0 spiro atoms. The lowest BCUT2D eigenvalue weighted by molar-refractivity contribution is -0.148. The van der Waals surface area contributed by atoms with Crippen molar-refractivity contribution in [1.29, 1.82) is 0 Å². The first kappa shape index (κ1) is 12.3. The molecule has 15 heavy (non-hydrogen) atoms. The summed E-state index contributed by atoms with van der Waals surface area (Å²) in [5, 5.41) is 3.81. The van der Waals surface area contributed by atoms with E-state index in [-0.39, 0.29) is 16.4 Å². The Morgan fingerprint density at radius 1 is 1.53 bits per heavy atom. The number of rotatable bonds is 2. The molecule has 1 rings (SSSR count). The molecule has 0 fully saturated rings. The first-order valence-electron chi connectivity index (χ1n) is 4.24. The maximum Gasteiger partial charge on any atom is 0.397 e. The van der Waals surface area contributed by atoms with Crippen LogP contribution in [0, 0.1) is 6.92 Å². The Hall–Kier alpha value is -0.750. The highest BCUT2D eigenvalue weighted by atomic mass is 35.5. The van der Waals surface area contributed by atoms with Gasteiger partial charge in [0.15, 0.2) is 0 Å². The van der Waals surface area contributed by atoms with Crippen molar-refractivity contribution in [2.45, 2.75) is 19.0 Å². The maximum atomic E-state index is 12.6. The molecule has 1 aromatic rings. The molecular weight excluding hydrogens is 231 g/mol. The number of halogens is 4. The first-order valence-corrected chi connectivity index (χ1v) is 4.62. The lowest BCUT2D eigenvalue weighted by Crippen LogP contribution is -2.28. The van der Waals surface area contributed by atoms with Gasteiger partial charge in [-0.05, 0) is 6.92 Å². The van der Waals surface area contributed by atoms with Gasteiger partial charge in [-0.25, -0.2) is 0 Å². The molecule has 1 aromatic heterocycles. The molecule has 0 bridgehead atoms. The van der Waals surface area contributed by atoms with Crippen molar-refractivity contribution in [3.63, 3.8) is 0 Å². The number of alkyl halides is 3. The summed E-state index contributed by atoms with van der Waals surface area (Å²) < 4.78 is 39.0. The summed E-state index contributed by atoms with van der Waals surface area (Å²) in [6, 6.07) is 0. The Morgan fingerprint density at radius 3 is 2.33 bits per heavy atom. The van der Waals surface area contributed by atoms with Crippen molar-refractivity contribution in [2.75, 3.05) is 6.54 Å². The molecule has 0 aromatic carbocycles. The van der Waals surface area contributed by atoms with Crippen LogP contribution in [0.3, 0.4) is 0 Å². The fraction of sp³-hybridized carbons (Fsp3) is 0.625. The summed E-state index contributed by atoms with van der Waals surface area (Å²) in [5.74, 6) is -1.75. The summed E-state index contributed by atoms with van der Waals surface area (Å²) in [7, 11) is 1.49. The van der Waals surface area contributed by atoms with Gasteiger partial charge in [-0.1, -0.05) is 11.6 Å². The van der Waals surface area contributed by atoms with Gasteiger partial charge in [0.25, 0.3) is 0 Å². The topological polar surface area (TPSA) is 43.8 Å². The molecule has 1 atom stereocenters. The summed E-state index contributed by atoms with van der Waals surface area (Å²) in [5.41, 5.74) is 5.35. The molecule has 0 saturated carbocycles. The largest absolute Gasteiger partial charge is 0.397 e. The van der Waals surface area contributed by atoms with E-state index in [9.17, 15) is 13.2 Å². The molecule has 0 aliphatic carbocycles. The zero-order chi connectivity index (χ0) is 11.8. The minimum absolute atomic E-state index is 0.0136. The molecule has 2 N–H and O–H groups in total. The fourth-order valence-electron chi connectivity index (χ4n) is 1.46. The van der Waals surface area contributed by atoms with Crippen molar-refractivity contribution in [2.24, 2.45) is 12.8 Å². The quantitative estimate of drug-likeness (QED) is 0.861. The van der Waals surface area contributed by atoms with Gasteiger partial charge in [-0.3, -0.25) is 4.68 Å². The van der Waals surface area contributed by atoms with Crippen molar-refractivity contribution < 1.29 is 13.2 Å². The maximum absolute atomic E-state index is 12.6. The summed E-state index contributed by atoms with van der Waals surface area (Å²) in [4.78, 5) is 0. The zero-order valence-corrected chi connectivity index (χ0v) is 9.02. The molecule has 0 aliphatic heterocycles. The van der Waals surface area contributed by atoms with Crippen molar-refractivity contribution in [1.82, 2.24) is 9.78 Å². The van der Waals surface area contributed by atoms with Crippen LogP contribution in [0.15, 0.2) is 0 Å². The normalized spacial score (nSPS) is 14.3. The molecule has 86 valence electrons. The van der Waals surface area contributed by atoms with Crippen LogP contribution < -0.4 is 5.73 Å². The zero-order valence-electron chi connectivity index (χ0n) is 8.27. The Morgan fingerprint density at radius 2 is 2.07 bits per heavy atom. The highest BCUT2D eigenvalue weighted by Crippen LogP contribution is 2.38. The van der Waals surface area contributed by atoms with E-state index in [0.717, 1.165) is 0 Å². The van der Waals surface area contributed by atoms with Gasteiger partial charge in [0, 0.05) is 19.2 Å². The lowest BCUT2D eigenvalue weighted by atomic mass is 10.00. The van der Waals surface area contributed by atoms with Gasteiger partial charge in [0.2, 0.25) is 0 Å². The first-order chi connectivity index (χ1) is 6.79. The average molecular weight is 242 g/mol. The fourth-order valence-corrected chi connectivity index (χ4v) is 1.76. The second-order valence-electron chi connectivity index (χ2n) is 3.24. The van der Waals surface area contributed by atoms with Gasteiger partial charge in [-0.2, -0.15) is 18.3 Å². The predicted octanol–water partition coefficient (Wildman–Crippen LogP) is 1.99. The van der Waals surface area contributed by atoms with E-state index in [1.54, 1.807) is 0 Å². The lowest BCUT2D eigenvalue weighted by Gasteiger charge is -2.18. The van der Waals surface area contributed by atoms with E-state index in [0.29, 0.717) is 0 Å². The molecule has 1 unspecified atom stereocenters. The highest BCUT2D eigenvalue weighted by molar-refractivity contribution is 6.30. The molecule has 0 amide bonds. The number of nitrogens with zero attached hydrogens (tertiary/aromatic N) is 2. The number of hydrogen-bond acceptors (Lipinski definition) is 2. The predicted molar refractivity (Wildman–Crippen MR) is 50.8 cm³/mol. The average Bonchev–Trinajstić information content (AvgIpc) is 2.30. The van der Waals surface area contributed by atoms with Gasteiger partial charge in [0.1, 0.15) is 5.15 Å². The Balaban J connectivity index is 3.24. The molecule has 3 nitrogen and oxygen atoms in total. The van der Waals surface area contributed by atoms with Crippen LogP contribution >= 0.6 is 11.6 Å². The third-order valence-electron chi connectivity index (χ3n) is 2.18. The summed E-state index contributed by atoms with van der Waals surface area (Å²) >= 11 is 5.74. The van der Waals surface area contributed by atoms with Crippen LogP contribution in [0.2, 0.25) is 5.15 Å². The molecule has 0 aliphatic rings. The second-order valence-corrected chi connectivity index (χ2v) is 3.60. The summed E-state index contributed by atoms with van der Waals surface area (Å²) in [6.45, 7) is 0.950. The van der Waals surface area contributed by atoms with Gasteiger partial charge in [-0.15, -0.1) is 0 Å². The molecular formula is C8H11ClF3N3. The Kier molecular flexibility index (Phi) is 3.30.